The van der Waals surface area contributed by atoms with Gasteiger partial charge in [0, 0.05) is 11.5 Å². The van der Waals surface area contributed by atoms with Gasteiger partial charge in [0.05, 0.1) is 10.6 Å². The summed E-state index contributed by atoms with van der Waals surface area (Å²) >= 11 is 1.43. The van der Waals surface area contributed by atoms with Gasteiger partial charge in [0.25, 0.3) is 0 Å². The fourth-order valence-corrected chi connectivity index (χ4v) is 3.67. The maximum Gasteiger partial charge on any atom is 0.0857 e. The second-order valence-corrected chi connectivity index (χ2v) is 7.71. The molecule has 1 aromatic carbocycles. The fourth-order valence-electron chi connectivity index (χ4n) is 2.81. The molecule has 3 nitrogen and oxygen atoms in total. The van der Waals surface area contributed by atoms with E-state index >= 15 is 0 Å². The van der Waals surface area contributed by atoms with Crippen molar-refractivity contribution in [1.29, 1.82) is 0 Å². The Morgan fingerprint density at radius 2 is 1.71 bits per heavy atom. The van der Waals surface area contributed by atoms with Gasteiger partial charge in [0.2, 0.25) is 0 Å². The van der Waals surface area contributed by atoms with Crippen molar-refractivity contribution >= 4 is 11.5 Å². The molecule has 0 saturated carbocycles. The van der Waals surface area contributed by atoms with Crippen LogP contribution < -0.4 is 5.73 Å². The van der Waals surface area contributed by atoms with Gasteiger partial charge in [-0.25, -0.2) is 0 Å². The largest absolute Gasteiger partial charge is 0.323 e. The van der Waals surface area contributed by atoms with Gasteiger partial charge in [-0.05, 0) is 55.4 Å². The van der Waals surface area contributed by atoms with Gasteiger partial charge in [0.1, 0.15) is 0 Å². The minimum Gasteiger partial charge on any atom is -0.323 e. The summed E-state index contributed by atoms with van der Waals surface area (Å²) in [7, 11) is 0. The van der Waals surface area contributed by atoms with E-state index in [1.54, 1.807) is 0 Å². The van der Waals surface area contributed by atoms with Crippen molar-refractivity contribution in [3.8, 4) is 0 Å². The van der Waals surface area contributed by atoms with Crippen LogP contribution in [0.5, 0.6) is 0 Å². The molecule has 0 spiro atoms. The van der Waals surface area contributed by atoms with E-state index in [9.17, 15) is 0 Å². The van der Waals surface area contributed by atoms with Gasteiger partial charge in [0.15, 0.2) is 0 Å². The zero-order chi connectivity index (χ0) is 15.8. The van der Waals surface area contributed by atoms with Crippen LogP contribution in [0.3, 0.4) is 0 Å². The molecular formula is C17H25N3S. The van der Waals surface area contributed by atoms with Crippen molar-refractivity contribution in [3.63, 3.8) is 0 Å². The van der Waals surface area contributed by atoms with Gasteiger partial charge in [-0.15, -0.1) is 5.10 Å². The third-order valence-electron chi connectivity index (χ3n) is 3.82. The number of hydrogen-bond donors (Lipinski definition) is 1. The Morgan fingerprint density at radius 3 is 2.24 bits per heavy atom. The predicted octanol–water partition coefficient (Wildman–Crippen LogP) is 4.00. The molecule has 21 heavy (non-hydrogen) atoms. The van der Waals surface area contributed by atoms with Crippen LogP contribution in [-0.2, 0) is 11.8 Å². The van der Waals surface area contributed by atoms with Gasteiger partial charge in [-0.2, -0.15) is 0 Å². The number of hydrogen-bond acceptors (Lipinski definition) is 4. The van der Waals surface area contributed by atoms with E-state index in [0.29, 0.717) is 0 Å². The third kappa shape index (κ3) is 3.50. The molecule has 2 rings (SSSR count). The molecule has 2 N–H and O–H groups in total. The van der Waals surface area contributed by atoms with Crippen molar-refractivity contribution in [2.24, 2.45) is 5.73 Å². The quantitative estimate of drug-likeness (QED) is 0.932. The molecule has 0 radical (unpaired) electrons. The minimum absolute atomic E-state index is 0.0165. The highest BCUT2D eigenvalue weighted by Crippen LogP contribution is 2.32. The molecule has 1 atom stereocenters. The maximum absolute atomic E-state index is 6.48. The lowest BCUT2D eigenvalue weighted by Crippen LogP contribution is -2.21. The predicted molar refractivity (Wildman–Crippen MR) is 89.9 cm³/mol. The van der Waals surface area contributed by atoms with E-state index in [1.165, 1.54) is 33.8 Å². The van der Waals surface area contributed by atoms with E-state index in [0.717, 1.165) is 17.0 Å². The Balaban J connectivity index is 2.31. The molecule has 0 aliphatic heterocycles. The van der Waals surface area contributed by atoms with Crippen LogP contribution >= 0.6 is 11.5 Å². The summed E-state index contributed by atoms with van der Waals surface area (Å²) in [4.78, 5) is 1.11. The smallest absolute Gasteiger partial charge is 0.0857 e. The summed E-state index contributed by atoms with van der Waals surface area (Å²) in [5.41, 5.74) is 12.8. The summed E-state index contributed by atoms with van der Waals surface area (Å²) in [6.07, 6.45) is 0.838. The van der Waals surface area contributed by atoms with Gasteiger partial charge in [-0.3, -0.25) is 0 Å². The first-order chi connectivity index (χ1) is 9.70. The average Bonchev–Trinajstić information content (AvgIpc) is 2.82. The van der Waals surface area contributed by atoms with E-state index in [-0.39, 0.29) is 11.5 Å². The molecule has 1 heterocycles. The van der Waals surface area contributed by atoms with Crippen LogP contribution in [0.1, 0.15) is 59.6 Å². The van der Waals surface area contributed by atoms with Crippen molar-refractivity contribution < 1.29 is 0 Å². The lowest BCUT2D eigenvalue weighted by molar-refractivity contribution is 0.550. The first-order valence-electron chi connectivity index (χ1n) is 7.35. The maximum atomic E-state index is 6.48. The number of aromatic nitrogens is 2. The number of rotatable bonds is 3. The molecule has 1 unspecified atom stereocenters. The van der Waals surface area contributed by atoms with Crippen molar-refractivity contribution in [1.82, 2.24) is 9.59 Å². The molecule has 2 aromatic rings. The molecule has 0 aliphatic carbocycles. The Hall–Kier alpha value is -1.26. The van der Waals surface area contributed by atoms with E-state index in [1.807, 2.05) is 0 Å². The Labute approximate surface area is 131 Å². The lowest BCUT2D eigenvalue weighted by atomic mass is 9.88. The lowest BCUT2D eigenvalue weighted by Gasteiger charge is -2.21. The second kappa shape index (κ2) is 5.85. The minimum atomic E-state index is -0.0423. The summed E-state index contributed by atoms with van der Waals surface area (Å²) < 4.78 is 4.12. The highest BCUT2D eigenvalue weighted by Gasteiger charge is 2.26. The third-order valence-corrected chi connectivity index (χ3v) is 4.68. The SMILES string of the molecule is Cc1cc(C)c(CC(N)c2snnc2C(C)(C)C)c(C)c1. The average molecular weight is 303 g/mol. The fraction of sp³-hybridized carbons (Fsp3) is 0.529. The second-order valence-electron chi connectivity index (χ2n) is 6.92. The Kier molecular flexibility index (Phi) is 4.49. The zero-order valence-corrected chi connectivity index (χ0v) is 14.6. The Bertz CT molecular complexity index is 615. The standard InChI is InChI=1S/C17H25N3S/c1-10-7-11(2)13(12(3)8-10)9-14(18)15-16(17(4,5)6)19-20-21-15/h7-8,14H,9,18H2,1-6H3. The molecule has 0 fully saturated rings. The summed E-state index contributed by atoms with van der Waals surface area (Å²) in [5, 5.41) is 4.30. The first-order valence-corrected chi connectivity index (χ1v) is 8.12. The topological polar surface area (TPSA) is 51.8 Å². The normalized spacial score (nSPS) is 13.5. The molecular weight excluding hydrogens is 278 g/mol. The van der Waals surface area contributed by atoms with Crippen LogP contribution in [0, 0.1) is 20.8 Å². The Morgan fingerprint density at radius 1 is 1.14 bits per heavy atom. The van der Waals surface area contributed by atoms with Crippen LogP contribution in [0.15, 0.2) is 12.1 Å². The molecule has 1 aromatic heterocycles. The highest BCUT2D eigenvalue weighted by atomic mass is 32.1. The highest BCUT2D eigenvalue weighted by molar-refractivity contribution is 7.05. The number of benzene rings is 1. The van der Waals surface area contributed by atoms with Gasteiger partial charge in [-0.1, -0.05) is 43.0 Å². The molecule has 114 valence electrons. The van der Waals surface area contributed by atoms with Crippen molar-refractivity contribution in [2.45, 2.75) is 59.4 Å². The van der Waals surface area contributed by atoms with Crippen LogP contribution in [0.2, 0.25) is 0 Å². The molecule has 4 heteroatoms. The van der Waals surface area contributed by atoms with Crippen molar-refractivity contribution in [3.05, 3.63) is 45.0 Å². The van der Waals surface area contributed by atoms with Gasteiger partial charge < -0.3 is 5.73 Å². The number of aryl methyl sites for hydroxylation is 3. The monoisotopic (exact) mass is 303 g/mol. The van der Waals surface area contributed by atoms with Crippen LogP contribution in [-0.4, -0.2) is 9.59 Å². The van der Waals surface area contributed by atoms with Crippen LogP contribution in [0.4, 0.5) is 0 Å². The summed E-state index contributed by atoms with van der Waals surface area (Å²) in [6, 6.07) is 4.41. The molecule has 0 aliphatic rings. The number of nitrogens with two attached hydrogens (primary N) is 1. The van der Waals surface area contributed by atoms with E-state index < -0.39 is 0 Å². The van der Waals surface area contributed by atoms with Crippen molar-refractivity contribution in [2.75, 3.05) is 0 Å². The van der Waals surface area contributed by atoms with E-state index in [2.05, 4.69) is 63.3 Å². The molecule has 0 saturated heterocycles. The first kappa shape index (κ1) is 16.1. The molecule has 0 amide bonds. The summed E-state index contributed by atoms with van der Waals surface area (Å²) in [6.45, 7) is 12.9. The molecule has 0 bridgehead atoms. The zero-order valence-electron chi connectivity index (χ0n) is 13.8. The van der Waals surface area contributed by atoms with Gasteiger partial charge >= 0.3 is 0 Å². The van der Waals surface area contributed by atoms with Crippen LogP contribution in [0.25, 0.3) is 0 Å². The summed E-state index contributed by atoms with van der Waals surface area (Å²) in [5.74, 6) is 0. The number of nitrogens with zero attached hydrogens (tertiary/aromatic N) is 2. The van der Waals surface area contributed by atoms with E-state index in [4.69, 9.17) is 5.73 Å².